The molecule has 0 spiro atoms. The molecule has 9 heteroatoms. The van der Waals surface area contributed by atoms with Crippen molar-refractivity contribution < 1.29 is 31.5 Å². The van der Waals surface area contributed by atoms with Gasteiger partial charge in [0.25, 0.3) is 0 Å². The fraction of sp³-hybridized carbons (Fsp3) is 0.889. The number of rotatable bonds is 3. The number of aliphatic carboxylic acids is 1. The Morgan fingerprint density at radius 1 is 1.28 bits per heavy atom. The van der Waals surface area contributed by atoms with Gasteiger partial charge in [-0.15, -0.1) is 0 Å². The number of halogens is 3. The van der Waals surface area contributed by atoms with E-state index in [0.29, 0.717) is 0 Å². The summed E-state index contributed by atoms with van der Waals surface area (Å²) >= 11 is 0. The zero-order chi connectivity index (χ0) is 14.0. The second-order valence-corrected chi connectivity index (χ2v) is 6.54. The van der Waals surface area contributed by atoms with Crippen molar-refractivity contribution in [2.45, 2.75) is 12.6 Å². The maximum atomic E-state index is 12.5. The van der Waals surface area contributed by atoms with Crippen molar-refractivity contribution in [1.82, 2.24) is 4.90 Å². The highest BCUT2D eigenvalue weighted by Gasteiger charge is 2.46. The average Bonchev–Trinajstić information content (AvgIpc) is 2.34. The summed E-state index contributed by atoms with van der Waals surface area (Å²) in [5, 5.41) is 8.55. The van der Waals surface area contributed by atoms with Crippen molar-refractivity contribution in [3.05, 3.63) is 0 Å². The van der Waals surface area contributed by atoms with Crippen LogP contribution in [0, 0.1) is 5.92 Å². The first-order valence-electron chi connectivity index (χ1n) is 5.34. The molecule has 1 aliphatic rings. The first kappa shape index (κ1) is 15.2. The highest BCUT2D eigenvalue weighted by Crippen LogP contribution is 2.27. The molecule has 5 nitrogen and oxygen atoms in total. The van der Waals surface area contributed by atoms with Gasteiger partial charge in [-0.1, -0.05) is 0 Å². The zero-order valence-electron chi connectivity index (χ0n) is 9.48. The van der Waals surface area contributed by atoms with Gasteiger partial charge in [-0.05, 0) is 13.0 Å². The van der Waals surface area contributed by atoms with Crippen molar-refractivity contribution >= 4 is 15.8 Å². The van der Waals surface area contributed by atoms with Crippen molar-refractivity contribution in [2.75, 3.05) is 31.1 Å². The van der Waals surface area contributed by atoms with E-state index in [0.717, 1.165) is 0 Å². The second-order valence-electron chi connectivity index (χ2n) is 4.24. The summed E-state index contributed by atoms with van der Waals surface area (Å²) in [5.41, 5.74) is 0. The van der Waals surface area contributed by atoms with Crippen LogP contribution in [0.25, 0.3) is 0 Å². The first-order valence-corrected chi connectivity index (χ1v) is 7.16. The van der Waals surface area contributed by atoms with Gasteiger partial charge in [0.05, 0.1) is 11.5 Å². The summed E-state index contributed by atoms with van der Waals surface area (Å²) in [7, 11) is -3.21. The third-order valence-corrected chi connectivity index (χ3v) is 4.50. The van der Waals surface area contributed by atoms with Crippen LogP contribution in [0.4, 0.5) is 13.2 Å². The van der Waals surface area contributed by atoms with Crippen LogP contribution >= 0.6 is 0 Å². The number of carboxylic acid groups (broad SMARTS) is 1. The van der Waals surface area contributed by atoms with Gasteiger partial charge in [0.1, 0.15) is 0 Å². The Bertz CT molecular complexity index is 407. The van der Waals surface area contributed by atoms with Crippen LogP contribution in [0.3, 0.4) is 0 Å². The lowest BCUT2D eigenvalue weighted by molar-refractivity contribution is -0.196. The van der Waals surface area contributed by atoms with Gasteiger partial charge in [0.2, 0.25) is 0 Å². The van der Waals surface area contributed by atoms with Crippen molar-refractivity contribution in [3.8, 4) is 0 Å². The molecule has 0 aromatic rings. The van der Waals surface area contributed by atoms with E-state index in [4.69, 9.17) is 5.11 Å². The molecule has 0 radical (unpaired) electrons. The molecule has 1 unspecified atom stereocenters. The molecule has 0 amide bonds. The average molecular weight is 289 g/mol. The second kappa shape index (κ2) is 5.43. The number of sulfone groups is 1. The highest BCUT2D eigenvalue weighted by molar-refractivity contribution is 7.91. The van der Waals surface area contributed by atoms with Crippen LogP contribution in [-0.2, 0) is 14.6 Å². The summed E-state index contributed by atoms with van der Waals surface area (Å²) in [6.45, 7) is -0.588. The molecule has 0 saturated carbocycles. The largest absolute Gasteiger partial charge is 0.481 e. The molecule has 1 rings (SSSR count). The maximum absolute atomic E-state index is 12.5. The van der Waals surface area contributed by atoms with Gasteiger partial charge < -0.3 is 10.0 Å². The van der Waals surface area contributed by atoms with E-state index in [-0.39, 0.29) is 31.0 Å². The molecule has 0 aromatic carbocycles. The van der Waals surface area contributed by atoms with E-state index in [9.17, 15) is 26.4 Å². The van der Waals surface area contributed by atoms with Crippen LogP contribution < -0.4 is 0 Å². The fourth-order valence-electron chi connectivity index (χ4n) is 1.75. The van der Waals surface area contributed by atoms with Crippen LogP contribution in [0.15, 0.2) is 0 Å². The zero-order valence-corrected chi connectivity index (χ0v) is 10.3. The van der Waals surface area contributed by atoms with Gasteiger partial charge in [0, 0.05) is 13.1 Å². The summed E-state index contributed by atoms with van der Waals surface area (Å²) < 4.78 is 59.9. The maximum Gasteiger partial charge on any atom is 0.403 e. The SMILES string of the molecule is O=C(O)C(CN1CCCS(=O)(=O)CC1)C(F)(F)F. The van der Waals surface area contributed by atoms with E-state index >= 15 is 0 Å². The van der Waals surface area contributed by atoms with Crippen LogP contribution in [0.2, 0.25) is 0 Å². The van der Waals surface area contributed by atoms with Crippen molar-refractivity contribution in [1.29, 1.82) is 0 Å². The fourth-order valence-corrected chi connectivity index (χ4v) is 3.06. The normalized spacial score (nSPS) is 23.3. The molecule has 1 saturated heterocycles. The van der Waals surface area contributed by atoms with Crippen LogP contribution in [0.5, 0.6) is 0 Å². The number of carboxylic acids is 1. The van der Waals surface area contributed by atoms with Crippen molar-refractivity contribution in [3.63, 3.8) is 0 Å². The minimum atomic E-state index is -4.82. The minimum absolute atomic E-state index is 0.0534. The van der Waals surface area contributed by atoms with E-state index in [1.54, 1.807) is 0 Å². The smallest absolute Gasteiger partial charge is 0.403 e. The molecule has 0 aromatic heterocycles. The van der Waals surface area contributed by atoms with Gasteiger partial charge in [-0.2, -0.15) is 13.2 Å². The minimum Gasteiger partial charge on any atom is -0.481 e. The summed E-state index contributed by atoms with van der Waals surface area (Å²) in [5.74, 6) is -4.70. The number of carbonyl (C=O) groups is 1. The molecule has 0 aliphatic carbocycles. The first-order chi connectivity index (χ1) is 8.12. The number of hydrogen-bond acceptors (Lipinski definition) is 4. The molecular formula is C9H14F3NO4S. The Balaban J connectivity index is 2.68. The summed E-state index contributed by atoms with van der Waals surface area (Å²) in [4.78, 5) is 11.8. The Kier molecular flexibility index (Phi) is 4.60. The van der Waals surface area contributed by atoms with Crippen molar-refractivity contribution in [2.24, 2.45) is 5.92 Å². The number of nitrogens with zero attached hydrogens (tertiary/aromatic N) is 1. The molecule has 1 aliphatic heterocycles. The Morgan fingerprint density at radius 2 is 1.89 bits per heavy atom. The molecule has 1 heterocycles. The third-order valence-electron chi connectivity index (χ3n) is 2.78. The lowest BCUT2D eigenvalue weighted by atomic mass is 10.1. The van der Waals surface area contributed by atoms with E-state index in [1.165, 1.54) is 4.90 Å². The monoisotopic (exact) mass is 289 g/mol. The predicted molar refractivity (Wildman–Crippen MR) is 56.9 cm³/mol. The third kappa shape index (κ3) is 4.45. The van der Waals surface area contributed by atoms with Crippen LogP contribution in [0.1, 0.15) is 6.42 Å². The molecule has 1 fully saturated rings. The Hall–Kier alpha value is -0.830. The Morgan fingerprint density at radius 3 is 2.39 bits per heavy atom. The quantitative estimate of drug-likeness (QED) is 0.812. The molecule has 1 atom stereocenters. The van der Waals surface area contributed by atoms with Gasteiger partial charge in [-0.3, -0.25) is 4.79 Å². The molecule has 18 heavy (non-hydrogen) atoms. The predicted octanol–water partition coefficient (Wildman–Crippen LogP) is 0.370. The van der Waals surface area contributed by atoms with Crippen LogP contribution in [-0.4, -0.2) is 61.7 Å². The molecule has 106 valence electrons. The van der Waals surface area contributed by atoms with E-state index in [2.05, 4.69) is 0 Å². The number of alkyl halides is 3. The lowest BCUT2D eigenvalue weighted by Crippen LogP contribution is -2.42. The molecular weight excluding hydrogens is 275 g/mol. The molecule has 0 bridgehead atoms. The number of hydrogen-bond donors (Lipinski definition) is 1. The van der Waals surface area contributed by atoms with Gasteiger partial charge in [0.15, 0.2) is 15.8 Å². The topological polar surface area (TPSA) is 74.7 Å². The van der Waals surface area contributed by atoms with Gasteiger partial charge >= 0.3 is 12.1 Å². The Labute approximate surface area is 102 Å². The lowest BCUT2D eigenvalue weighted by Gasteiger charge is -2.24. The summed E-state index contributed by atoms with van der Waals surface area (Å²) in [6, 6.07) is 0. The molecule has 1 N–H and O–H groups in total. The van der Waals surface area contributed by atoms with Gasteiger partial charge in [-0.25, -0.2) is 8.42 Å². The standard InChI is InChI=1S/C9H14F3NO4S/c10-9(11,12)7(8(14)15)6-13-2-1-4-18(16,17)5-3-13/h7H,1-6H2,(H,14,15). The highest BCUT2D eigenvalue weighted by atomic mass is 32.2. The summed E-state index contributed by atoms with van der Waals surface area (Å²) in [6.07, 6.45) is -4.59. The van der Waals surface area contributed by atoms with E-state index in [1.807, 2.05) is 0 Å². The van der Waals surface area contributed by atoms with E-state index < -0.39 is 34.4 Å².